The van der Waals surface area contributed by atoms with Crippen LogP contribution in [0.1, 0.15) is 25.8 Å². The lowest BCUT2D eigenvalue weighted by molar-refractivity contribution is 0.180. The van der Waals surface area contributed by atoms with E-state index < -0.39 is 0 Å². The Morgan fingerprint density at radius 3 is 3.05 bits per heavy atom. The summed E-state index contributed by atoms with van der Waals surface area (Å²) in [6.07, 6.45) is 8.01. The zero-order chi connectivity index (χ0) is 13.2. The van der Waals surface area contributed by atoms with Crippen molar-refractivity contribution in [3.05, 3.63) is 18.6 Å². The molecule has 3 heterocycles. The largest absolute Gasteiger partial charge is 0.381 e. The van der Waals surface area contributed by atoms with Crippen molar-refractivity contribution in [2.75, 3.05) is 13.2 Å². The first-order valence-corrected chi connectivity index (χ1v) is 6.71. The quantitative estimate of drug-likeness (QED) is 0.840. The molecule has 3 rings (SSSR count). The van der Waals surface area contributed by atoms with Crippen LogP contribution < -0.4 is 0 Å². The highest BCUT2D eigenvalue weighted by atomic mass is 16.5. The molecule has 2 aromatic rings. The Hall–Kier alpha value is -1.69. The van der Waals surface area contributed by atoms with E-state index in [-0.39, 0.29) is 0 Å². The van der Waals surface area contributed by atoms with Crippen LogP contribution in [0.5, 0.6) is 0 Å². The molecule has 6 nitrogen and oxygen atoms in total. The summed E-state index contributed by atoms with van der Waals surface area (Å²) in [5.74, 6) is 0.654. The van der Waals surface area contributed by atoms with Crippen molar-refractivity contribution < 1.29 is 4.74 Å². The molecule has 0 N–H and O–H groups in total. The number of hydrogen-bond acceptors (Lipinski definition) is 4. The standard InChI is InChI=1S/C13H19N5O/c1-10(5-11-3-4-19-9-11)18-8-13(15-16-18)12-6-14-17(2)7-12/h6-8,10-11H,3-5,9H2,1-2H3. The average molecular weight is 261 g/mol. The summed E-state index contributed by atoms with van der Waals surface area (Å²) in [4.78, 5) is 0. The van der Waals surface area contributed by atoms with Crippen LogP contribution in [0.4, 0.5) is 0 Å². The second-order valence-electron chi connectivity index (χ2n) is 5.30. The normalized spacial score (nSPS) is 20.8. The summed E-state index contributed by atoms with van der Waals surface area (Å²) in [7, 11) is 1.90. The Bertz CT molecular complexity index is 541. The van der Waals surface area contributed by atoms with Crippen LogP contribution in [0.2, 0.25) is 0 Å². The number of nitrogens with zero attached hydrogens (tertiary/aromatic N) is 5. The maximum absolute atomic E-state index is 5.41. The van der Waals surface area contributed by atoms with Crippen LogP contribution in [0.3, 0.4) is 0 Å². The topological polar surface area (TPSA) is 57.8 Å². The van der Waals surface area contributed by atoms with Crippen LogP contribution in [-0.2, 0) is 11.8 Å². The number of hydrogen-bond donors (Lipinski definition) is 0. The maximum Gasteiger partial charge on any atom is 0.116 e. The first kappa shape index (κ1) is 12.3. The predicted octanol–water partition coefficient (Wildman–Crippen LogP) is 1.67. The lowest BCUT2D eigenvalue weighted by atomic mass is 10.0. The monoisotopic (exact) mass is 261 g/mol. The number of aryl methyl sites for hydroxylation is 1. The first-order valence-electron chi connectivity index (χ1n) is 6.71. The SMILES string of the molecule is CC(CC1CCOC1)n1cc(-c2cnn(C)c2)nn1. The van der Waals surface area contributed by atoms with Crippen molar-refractivity contribution in [2.45, 2.75) is 25.8 Å². The fourth-order valence-corrected chi connectivity index (χ4v) is 2.54. The lowest BCUT2D eigenvalue weighted by Gasteiger charge is -2.14. The Morgan fingerprint density at radius 2 is 2.37 bits per heavy atom. The summed E-state index contributed by atoms with van der Waals surface area (Å²) >= 11 is 0. The minimum atomic E-state index is 0.352. The van der Waals surface area contributed by atoms with Gasteiger partial charge in [-0.25, -0.2) is 4.68 Å². The molecule has 1 saturated heterocycles. The molecular weight excluding hydrogens is 242 g/mol. The molecule has 0 aliphatic carbocycles. The van der Waals surface area contributed by atoms with E-state index in [1.54, 1.807) is 4.68 Å². The number of aromatic nitrogens is 5. The van der Waals surface area contributed by atoms with E-state index in [1.165, 1.54) is 0 Å². The zero-order valence-corrected chi connectivity index (χ0v) is 11.4. The molecule has 2 aromatic heterocycles. The minimum absolute atomic E-state index is 0.352. The molecule has 2 unspecified atom stereocenters. The highest BCUT2D eigenvalue weighted by Gasteiger charge is 2.20. The van der Waals surface area contributed by atoms with E-state index in [0.717, 1.165) is 37.3 Å². The molecule has 0 saturated carbocycles. The van der Waals surface area contributed by atoms with Gasteiger partial charge in [0.15, 0.2) is 0 Å². The Kier molecular flexibility index (Phi) is 3.33. The Balaban J connectivity index is 1.69. The van der Waals surface area contributed by atoms with Crippen LogP contribution >= 0.6 is 0 Å². The lowest BCUT2D eigenvalue weighted by Crippen LogP contribution is -2.12. The third-order valence-electron chi connectivity index (χ3n) is 3.66. The van der Waals surface area contributed by atoms with Gasteiger partial charge in [-0.05, 0) is 25.7 Å². The predicted molar refractivity (Wildman–Crippen MR) is 70.5 cm³/mol. The van der Waals surface area contributed by atoms with Crippen molar-refractivity contribution in [1.29, 1.82) is 0 Å². The molecule has 0 radical (unpaired) electrons. The Morgan fingerprint density at radius 1 is 1.47 bits per heavy atom. The third-order valence-corrected chi connectivity index (χ3v) is 3.66. The molecular formula is C13H19N5O. The molecule has 0 bridgehead atoms. The van der Waals surface area contributed by atoms with Crippen molar-refractivity contribution >= 4 is 0 Å². The summed E-state index contributed by atoms with van der Waals surface area (Å²) in [5.41, 5.74) is 1.88. The van der Waals surface area contributed by atoms with E-state index in [1.807, 2.05) is 30.3 Å². The number of ether oxygens (including phenoxy) is 1. The van der Waals surface area contributed by atoms with Gasteiger partial charge in [0.25, 0.3) is 0 Å². The van der Waals surface area contributed by atoms with Crippen LogP contribution in [0, 0.1) is 5.92 Å². The van der Waals surface area contributed by atoms with Crippen LogP contribution in [-0.4, -0.2) is 38.0 Å². The van der Waals surface area contributed by atoms with E-state index in [4.69, 9.17) is 4.74 Å². The van der Waals surface area contributed by atoms with E-state index in [0.29, 0.717) is 12.0 Å². The van der Waals surface area contributed by atoms with Crippen molar-refractivity contribution in [1.82, 2.24) is 24.8 Å². The van der Waals surface area contributed by atoms with Gasteiger partial charge in [0, 0.05) is 32.0 Å². The molecule has 0 amide bonds. The number of rotatable bonds is 4. The van der Waals surface area contributed by atoms with Gasteiger partial charge in [0.05, 0.1) is 18.4 Å². The van der Waals surface area contributed by atoms with Gasteiger partial charge in [-0.15, -0.1) is 5.10 Å². The highest BCUT2D eigenvalue weighted by Crippen LogP contribution is 2.24. The van der Waals surface area contributed by atoms with Gasteiger partial charge in [-0.1, -0.05) is 5.21 Å². The fraction of sp³-hybridized carbons (Fsp3) is 0.615. The summed E-state index contributed by atoms with van der Waals surface area (Å²) < 4.78 is 9.13. The molecule has 6 heteroatoms. The van der Waals surface area contributed by atoms with Gasteiger partial charge in [-0.3, -0.25) is 4.68 Å². The van der Waals surface area contributed by atoms with Crippen molar-refractivity contribution in [3.8, 4) is 11.3 Å². The van der Waals surface area contributed by atoms with E-state index in [9.17, 15) is 0 Å². The summed E-state index contributed by atoms with van der Waals surface area (Å²) in [5, 5.41) is 12.6. The third kappa shape index (κ3) is 2.68. The van der Waals surface area contributed by atoms with E-state index >= 15 is 0 Å². The maximum atomic E-state index is 5.41. The average Bonchev–Trinajstić information content (AvgIpc) is 3.07. The van der Waals surface area contributed by atoms with Gasteiger partial charge >= 0.3 is 0 Å². The van der Waals surface area contributed by atoms with Crippen molar-refractivity contribution in [2.24, 2.45) is 13.0 Å². The first-order chi connectivity index (χ1) is 9.22. The Labute approximate surface area is 112 Å². The molecule has 2 atom stereocenters. The molecule has 102 valence electrons. The highest BCUT2D eigenvalue weighted by molar-refractivity contribution is 5.54. The summed E-state index contributed by atoms with van der Waals surface area (Å²) in [6.45, 7) is 3.96. The summed E-state index contributed by atoms with van der Waals surface area (Å²) in [6, 6.07) is 0.352. The molecule has 1 aliphatic rings. The van der Waals surface area contributed by atoms with Crippen LogP contribution in [0.25, 0.3) is 11.3 Å². The van der Waals surface area contributed by atoms with Gasteiger partial charge in [0.2, 0.25) is 0 Å². The molecule has 1 aliphatic heterocycles. The zero-order valence-electron chi connectivity index (χ0n) is 11.4. The second kappa shape index (κ2) is 5.13. The molecule has 0 aromatic carbocycles. The van der Waals surface area contributed by atoms with Crippen LogP contribution in [0.15, 0.2) is 18.6 Å². The smallest absolute Gasteiger partial charge is 0.116 e. The van der Waals surface area contributed by atoms with Gasteiger partial charge in [-0.2, -0.15) is 5.10 Å². The van der Waals surface area contributed by atoms with Gasteiger partial charge < -0.3 is 4.74 Å². The van der Waals surface area contributed by atoms with Crippen molar-refractivity contribution in [3.63, 3.8) is 0 Å². The molecule has 0 spiro atoms. The molecule has 19 heavy (non-hydrogen) atoms. The molecule has 1 fully saturated rings. The van der Waals surface area contributed by atoms with E-state index in [2.05, 4.69) is 22.3 Å². The second-order valence-corrected chi connectivity index (χ2v) is 5.30. The fourth-order valence-electron chi connectivity index (χ4n) is 2.54. The minimum Gasteiger partial charge on any atom is -0.381 e. The van der Waals surface area contributed by atoms with Gasteiger partial charge in [0.1, 0.15) is 5.69 Å².